The summed E-state index contributed by atoms with van der Waals surface area (Å²) in [6, 6.07) is 10.3. The number of hydrogen-bond acceptors (Lipinski definition) is 8. The van der Waals surface area contributed by atoms with Gasteiger partial charge in [-0.05, 0) is 0 Å². The second kappa shape index (κ2) is 9.63. The third kappa shape index (κ3) is 5.92. The summed E-state index contributed by atoms with van der Waals surface area (Å²) in [4.78, 5) is 41.3. The number of aromatic carboxylic acids is 4. The number of carboxylic acids is 4. The largest absolute Gasteiger partial charge is 4.00 e. The summed E-state index contributed by atoms with van der Waals surface area (Å²) in [6.07, 6.45) is 0. The van der Waals surface area contributed by atoms with Crippen molar-refractivity contribution in [2.24, 2.45) is 0 Å². The van der Waals surface area contributed by atoms with Gasteiger partial charge in [0.1, 0.15) is 0 Å². The van der Waals surface area contributed by atoms with Crippen molar-refractivity contribution in [2.75, 3.05) is 0 Å². The maximum atomic E-state index is 10.3. The van der Waals surface area contributed by atoms with Crippen LogP contribution in [0.4, 0.5) is 0 Å². The minimum absolute atomic E-state index is 0. The van der Waals surface area contributed by atoms with E-state index in [1.54, 1.807) is 0 Å². The van der Waals surface area contributed by atoms with Crippen LogP contribution in [0.25, 0.3) is 0 Å². The fraction of sp³-hybridized carbons (Fsp3) is 0. The SMILES string of the molecule is O=C([O-])c1ccccc1C(=O)[O-].O=C([O-])c1ccccc1C(=O)[O-].[Si+4]. The first-order valence-corrected chi connectivity index (χ1v) is 6.29. The van der Waals surface area contributed by atoms with Crippen molar-refractivity contribution in [3.8, 4) is 0 Å². The number of benzene rings is 2. The molecule has 0 saturated carbocycles. The molecule has 8 nitrogen and oxygen atoms in total. The standard InChI is InChI=1S/2C8H6O4.Si/c2*9-7(10)5-3-1-2-4-6(5)8(11)12;/h2*1-4H,(H,9,10)(H,11,12);/q;;+4/p-4. The Kier molecular flexibility index (Phi) is 8.29. The summed E-state index contributed by atoms with van der Waals surface area (Å²) in [6.45, 7) is 0. The molecule has 0 saturated heterocycles. The molecule has 0 aliphatic carbocycles. The molecule has 0 radical (unpaired) electrons. The monoisotopic (exact) mass is 356 g/mol. The molecule has 0 bridgehead atoms. The van der Waals surface area contributed by atoms with E-state index in [0.29, 0.717) is 0 Å². The van der Waals surface area contributed by atoms with Crippen LogP contribution in [0.5, 0.6) is 0 Å². The third-order valence-corrected chi connectivity index (χ3v) is 2.73. The number of carbonyl (C=O) groups excluding carboxylic acids is 4. The van der Waals surface area contributed by atoms with Crippen LogP contribution in [0.2, 0.25) is 0 Å². The second-order valence-electron chi connectivity index (χ2n) is 4.24. The van der Waals surface area contributed by atoms with Gasteiger partial charge in [0.25, 0.3) is 0 Å². The minimum atomic E-state index is -1.52. The fourth-order valence-corrected chi connectivity index (χ4v) is 1.68. The fourth-order valence-electron chi connectivity index (χ4n) is 1.68. The molecule has 0 unspecified atom stereocenters. The number of hydrogen-bond donors (Lipinski definition) is 0. The summed E-state index contributed by atoms with van der Waals surface area (Å²) in [5.41, 5.74) is -1.45. The van der Waals surface area contributed by atoms with E-state index in [0.717, 1.165) is 24.3 Å². The van der Waals surface area contributed by atoms with Gasteiger partial charge >= 0.3 is 11.0 Å². The van der Waals surface area contributed by atoms with Gasteiger partial charge in [-0.3, -0.25) is 0 Å². The zero-order valence-electron chi connectivity index (χ0n) is 12.4. The van der Waals surface area contributed by atoms with E-state index < -0.39 is 23.9 Å². The number of carboxylic acid groups (broad SMARTS) is 4. The van der Waals surface area contributed by atoms with Gasteiger partial charge in [-0.2, -0.15) is 0 Å². The first kappa shape index (κ1) is 21.5. The minimum Gasteiger partial charge on any atom is -0.545 e. The van der Waals surface area contributed by atoms with Crippen molar-refractivity contribution >= 4 is 34.8 Å². The van der Waals surface area contributed by atoms with Crippen molar-refractivity contribution in [1.29, 1.82) is 0 Å². The number of carbonyl (C=O) groups is 4. The Hall–Kier alpha value is -3.46. The zero-order valence-corrected chi connectivity index (χ0v) is 13.4. The molecule has 0 amide bonds. The topological polar surface area (TPSA) is 161 Å². The van der Waals surface area contributed by atoms with Crippen LogP contribution in [-0.2, 0) is 0 Å². The van der Waals surface area contributed by atoms with Gasteiger partial charge in [0, 0.05) is 22.3 Å². The van der Waals surface area contributed by atoms with Gasteiger partial charge in [-0.1, -0.05) is 48.5 Å². The normalized spacial score (nSPS) is 8.96. The molecular formula is C16H8O8Si. The molecule has 0 heterocycles. The van der Waals surface area contributed by atoms with E-state index in [1.165, 1.54) is 24.3 Å². The van der Waals surface area contributed by atoms with Gasteiger partial charge < -0.3 is 39.6 Å². The molecule has 0 aliphatic rings. The van der Waals surface area contributed by atoms with E-state index >= 15 is 0 Å². The van der Waals surface area contributed by atoms with Crippen LogP contribution in [0.15, 0.2) is 48.5 Å². The zero-order chi connectivity index (χ0) is 18.3. The summed E-state index contributed by atoms with van der Waals surface area (Å²) in [7, 11) is 0. The van der Waals surface area contributed by atoms with Gasteiger partial charge in [0.2, 0.25) is 0 Å². The summed E-state index contributed by atoms with van der Waals surface area (Å²) in [5.74, 6) is -6.07. The molecule has 0 fully saturated rings. The molecular weight excluding hydrogens is 348 g/mol. The molecule has 0 aliphatic heterocycles. The van der Waals surface area contributed by atoms with Crippen molar-refractivity contribution in [1.82, 2.24) is 0 Å². The average Bonchev–Trinajstić information content (AvgIpc) is 2.55. The Labute approximate surface area is 146 Å². The van der Waals surface area contributed by atoms with Crippen molar-refractivity contribution in [2.45, 2.75) is 0 Å². The summed E-state index contributed by atoms with van der Waals surface area (Å²) < 4.78 is 0. The molecule has 0 spiro atoms. The average molecular weight is 356 g/mol. The van der Waals surface area contributed by atoms with Crippen LogP contribution in [0, 0.1) is 0 Å². The molecule has 2 rings (SSSR count). The molecule has 9 heteroatoms. The van der Waals surface area contributed by atoms with Crippen LogP contribution >= 0.6 is 0 Å². The van der Waals surface area contributed by atoms with E-state index in [9.17, 15) is 39.6 Å². The smallest absolute Gasteiger partial charge is 0.545 e. The van der Waals surface area contributed by atoms with Crippen molar-refractivity contribution in [3.05, 3.63) is 70.8 Å². The van der Waals surface area contributed by atoms with Crippen LogP contribution < -0.4 is 20.4 Å². The maximum Gasteiger partial charge on any atom is 4.00 e. The molecule has 25 heavy (non-hydrogen) atoms. The Morgan fingerprint density at radius 2 is 0.640 bits per heavy atom. The Morgan fingerprint density at radius 3 is 0.760 bits per heavy atom. The van der Waals surface area contributed by atoms with E-state index in [-0.39, 0.29) is 33.2 Å². The molecule has 124 valence electrons. The molecule has 0 N–H and O–H groups in total. The van der Waals surface area contributed by atoms with Crippen LogP contribution in [0.3, 0.4) is 0 Å². The number of rotatable bonds is 4. The first-order chi connectivity index (χ1) is 11.3. The van der Waals surface area contributed by atoms with Gasteiger partial charge in [-0.15, -0.1) is 0 Å². The maximum absolute atomic E-state index is 10.3. The predicted octanol–water partition coefficient (Wildman–Crippen LogP) is -3.55. The molecule has 0 atom stereocenters. The first-order valence-electron chi connectivity index (χ1n) is 6.29. The van der Waals surface area contributed by atoms with Gasteiger partial charge in [0.05, 0.1) is 23.9 Å². The quantitative estimate of drug-likeness (QED) is 0.509. The van der Waals surface area contributed by atoms with Crippen LogP contribution in [-0.4, -0.2) is 34.8 Å². The summed E-state index contributed by atoms with van der Waals surface area (Å²) in [5, 5.41) is 41.3. The van der Waals surface area contributed by atoms with E-state index in [1.807, 2.05) is 0 Å². The molecule has 2 aromatic carbocycles. The third-order valence-electron chi connectivity index (χ3n) is 2.73. The molecule has 0 aromatic heterocycles. The Bertz CT molecular complexity index is 667. The van der Waals surface area contributed by atoms with E-state index in [4.69, 9.17) is 0 Å². The second-order valence-corrected chi connectivity index (χ2v) is 4.24. The van der Waals surface area contributed by atoms with Crippen molar-refractivity contribution in [3.63, 3.8) is 0 Å². The molecule has 2 aromatic rings. The summed E-state index contributed by atoms with van der Waals surface area (Å²) >= 11 is 0. The van der Waals surface area contributed by atoms with E-state index in [2.05, 4.69) is 0 Å². The Morgan fingerprint density at radius 1 is 0.480 bits per heavy atom. The Balaban J connectivity index is 0.000000443. The van der Waals surface area contributed by atoms with Gasteiger partial charge in [0.15, 0.2) is 0 Å². The predicted molar refractivity (Wildman–Crippen MR) is 76.0 cm³/mol. The van der Waals surface area contributed by atoms with Crippen molar-refractivity contribution < 1.29 is 39.6 Å². The van der Waals surface area contributed by atoms with Gasteiger partial charge in [-0.25, -0.2) is 0 Å². The van der Waals surface area contributed by atoms with Crippen LogP contribution in [0.1, 0.15) is 41.4 Å².